The summed E-state index contributed by atoms with van der Waals surface area (Å²) in [6.45, 7) is 0.0180. The normalized spacial score (nSPS) is 21.9. The molecule has 2 amide bonds. The first kappa shape index (κ1) is 16.4. The van der Waals surface area contributed by atoms with Gasteiger partial charge in [-0.3, -0.25) is 14.7 Å². The molecule has 2 aromatic rings. The monoisotopic (exact) mass is 356 g/mol. The minimum Gasteiger partial charge on any atom is -0.485 e. The quantitative estimate of drug-likeness (QED) is 0.865. The lowest BCUT2D eigenvalue weighted by molar-refractivity contribution is -0.120. The number of nitrogens with zero attached hydrogens (tertiary/aromatic N) is 2. The molecule has 8 heteroatoms. The first-order valence-corrected chi connectivity index (χ1v) is 8.61. The van der Waals surface area contributed by atoms with E-state index in [1.807, 2.05) is 0 Å². The van der Waals surface area contributed by atoms with Gasteiger partial charge in [0.2, 0.25) is 0 Å². The molecule has 2 heterocycles. The van der Waals surface area contributed by atoms with Gasteiger partial charge < -0.3 is 19.7 Å². The number of rotatable bonds is 4. The Morgan fingerprint density at radius 2 is 2.31 bits per heavy atom. The van der Waals surface area contributed by atoms with Crippen LogP contribution in [0.3, 0.4) is 0 Å². The van der Waals surface area contributed by atoms with Crippen LogP contribution in [0.4, 0.5) is 5.69 Å². The number of nitrogens with one attached hydrogen (secondary N) is 2. The number of hydrogen-bond acceptors (Lipinski definition) is 5. The highest BCUT2D eigenvalue weighted by Crippen LogP contribution is 2.32. The molecule has 136 valence electrons. The molecule has 2 aliphatic rings. The van der Waals surface area contributed by atoms with Gasteiger partial charge in [0.1, 0.15) is 11.9 Å². The minimum atomic E-state index is -0.188. The van der Waals surface area contributed by atoms with E-state index in [1.54, 1.807) is 37.6 Å². The van der Waals surface area contributed by atoms with Gasteiger partial charge in [0.25, 0.3) is 11.8 Å². The average Bonchev–Trinajstić information content (AvgIpc) is 3.31. The van der Waals surface area contributed by atoms with Gasteiger partial charge in [0.15, 0.2) is 12.4 Å². The van der Waals surface area contributed by atoms with Gasteiger partial charge in [0, 0.05) is 12.6 Å². The molecule has 0 saturated heterocycles. The molecule has 1 aromatic heterocycles. The number of carbonyl (C=O) groups excluding carboxylic acids is 2. The summed E-state index contributed by atoms with van der Waals surface area (Å²) in [6.07, 6.45) is 5.96. The van der Waals surface area contributed by atoms with Crippen molar-refractivity contribution in [2.24, 2.45) is 0 Å². The summed E-state index contributed by atoms with van der Waals surface area (Å²) in [4.78, 5) is 26.0. The number of ether oxygens (including phenoxy) is 2. The zero-order valence-corrected chi connectivity index (χ0v) is 14.4. The van der Waals surface area contributed by atoms with E-state index in [4.69, 9.17) is 9.47 Å². The summed E-state index contributed by atoms with van der Waals surface area (Å²) in [7, 11) is 1.68. The Hall–Kier alpha value is -3.03. The van der Waals surface area contributed by atoms with Gasteiger partial charge >= 0.3 is 0 Å². The molecule has 1 fully saturated rings. The van der Waals surface area contributed by atoms with Crippen molar-refractivity contribution in [2.75, 3.05) is 18.6 Å². The van der Waals surface area contributed by atoms with Crippen molar-refractivity contribution >= 4 is 17.5 Å². The van der Waals surface area contributed by atoms with Crippen LogP contribution in [0.1, 0.15) is 29.6 Å². The van der Waals surface area contributed by atoms with Crippen molar-refractivity contribution in [3.8, 4) is 11.5 Å². The van der Waals surface area contributed by atoms with Crippen molar-refractivity contribution in [1.82, 2.24) is 15.5 Å². The zero-order valence-electron chi connectivity index (χ0n) is 14.4. The predicted molar refractivity (Wildman–Crippen MR) is 93.5 cm³/mol. The molecule has 1 aromatic carbocycles. The highest BCUT2D eigenvalue weighted by Gasteiger charge is 2.31. The highest BCUT2D eigenvalue weighted by atomic mass is 16.5. The number of H-pyrrole nitrogens is 1. The second-order valence-electron chi connectivity index (χ2n) is 6.53. The fourth-order valence-corrected chi connectivity index (χ4v) is 3.38. The molecule has 1 aliphatic carbocycles. The fourth-order valence-electron chi connectivity index (χ4n) is 3.38. The Balaban J connectivity index is 1.47. The number of fused-ring (bicyclic) bond motifs is 1. The third-order valence-electron chi connectivity index (χ3n) is 4.84. The highest BCUT2D eigenvalue weighted by molar-refractivity contribution is 6.01. The number of benzene rings is 1. The Morgan fingerprint density at radius 1 is 1.42 bits per heavy atom. The maximum Gasteiger partial charge on any atom is 0.264 e. The molecule has 0 radical (unpaired) electrons. The number of aromatic nitrogens is 2. The predicted octanol–water partition coefficient (Wildman–Crippen LogP) is 1.49. The van der Waals surface area contributed by atoms with Crippen LogP contribution in [-0.4, -0.2) is 47.8 Å². The van der Waals surface area contributed by atoms with Crippen molar-refractivity contribution in [3.05, 3.63) is 36.2 Å². The lowest BCUT2D eigenvalue weighted by Crippen LogP contribution is -2.42. The standard InChI is InChI=1S/C18H20N4O4/c1-22-14-7-11(5-6-16(14)25-10-17(22)23)18(24)21-13-3-2-4-15(13)26-12-8-19-20-9-12/h5-9,13,15H,2-4,10H2,1H3,(H,19,20)(H,21,24)/t13-,15+/m0/s1. The maximum atomic E-state index is 12.7. The van der Waals surface area contributed by atoms with Gasteiger partial charge in [-0.2, -0.15) is 5.10 Å². The van der Waals surface area contributed by atoms with E-state index in [2.05, 4.69) is 15.5 Å². The van der Waals surface area contributed by atoms with Crippen molar-refractivity contribution in [2.45, 2.75) is 31.4 Å². The lowest BCUT2D eigenvalue weighted by atomic mass is 10.1. The number of likely N-dealkylation sites (N-methyl/N-ethyl adjacent to an activating group) is 1. The Labute approximate surface area is 150 Å². The van der Waals surface area contributed by atoms with Crippen LogP contribution in [0.15, 0.2) is 30.6 Å². The van der Waals surface area contributed by atoms with Crippen LogP contribution in [0.5, 0.6) is 11.5 Å². The summed E-state index contributed by atoms with van der Waals surface area (Å²) >= 11 is 0. The average molecular weight is 356 g/mol. The molecule has 8 nitrogen and oxygen atoms in total. The van der Waals surface area contributed by atoms with E-state index in [0.29, 0.717) is 22.7 Å². The summed E-state index contributed by atoms with van der Waals surface area (Å²) in [6, 6.07) is 5.05. The molecule has 1 saturated carbocycles. The van der Waals surface area contributed by atoms with Gasteiger partial charge in [-0.25, -0.2) is 0 Å². The van der Waals surface area contributed by atoms with E-state index >= 15 is 0 Å². The minimum absolute atomic E-state index is 0.0180. The summed E-state index contributed by atoms with van der Waals surface area (Å²) < 4.78 is 11.3. The zero-order chi connectivity index (χ0) is 18.1. The van der Waals surface area contributed by atoms with Gasteiger partial charge in [-0.05, 0) is 37.5 Å². The van der Waals surface area contributed by atoms with Crippen LogP contribution in [-0.2, 0) is 4.79 Å². The third kappa shape index (κ3) is 3.10. The van der Waals surface area contributed by atoms with E-state index in [9.17, 15) is 9.59 Å². The topological polar surface area (TPSA) is 96.6 Å². The van der Waals surface area contributed by atoms with Crippen molar-refractivity contribution in [3.63, 3.8) is 0 Å². The van der Waals surface area contributed by atoms with Crippen molar-refractivity contribution < 1.29 is 19.1 Å². The summed E-state index contributed by atoms with van der Waals surface area (Å²) in [5, 5.41) is 9.64. The number of amides is 2. The lowest BCUT2D eigenvalue weighted by Gasteiger charge is -2.26. The van der Waals surface area contributed by atoms with Crippen LogP contribution >= 0.6 is 0 Å². The summed E-state index contributed by atoms with van der Waals surface area (Å²) in [5.41, 5.74) is 1.09. The second kappa shape index (κ2) is 6.70. The molecule has 2 N–H and O–H groups in total. The molecular weight excluding hydrogens is 336 g/mol. The molecular formula is C18H20N4O4. The van der Waals surface area contributed by atoms with E-state index < -0.39 is 0 Å². The maximum absolute atomic E-state index is 12.7. The van der Waals surface area contributed by atoms with Gasteiger partial charge in [-0.1, -0.05) is 0 Å². The smallest absolute Gasteiger partial charge is 0.264 e. The van der Waals surface area contributed by atoms with Gasteiger partial charge in [0.05, 0.1) is 24.1 Å². The first-order valence-electron chi connectivity index (χ1n) is 8.61. The fraction of sp³-hybridized carbons (Fsp3) is 0.389. The van der Waals surface area contributed by atoms with E-state index in [-0.39, 0.29) is 30.6 Å². The van der Waals surface area contributed by atoms with Gasteiger partial charge in [-0.15, -0.1) is 0 Å². The number of carbonyl (C=O) groups is 2. The molecule has 0 spiro atoms. The Bertz CT molecular complexity index is 821. The second-order valence-corrected chi connectivity index (χ2v) is 6.53. The molecule has 1 aliphatic heterocycles. The number of anilines is 1. The van der Waals surface area contributed by atoms with Crippen molar-refractivity contribution in [1.29, 1.82) is 0 Å². The van der Waals surface area contributed by atoms with Crippen LogP contribution < -0.4 is 19.7 Å². The van der Waals surface area contributed by atoms with Crippen LogP contribution in [0, 0.1) is 0 Å². The number of hydrogen-bond donors (Lipinski definition) is 2. The molecule has 0 bridgehead atoms. The molecule has 26 heavy (non-hydrogen) atoms. The molecule has 4 rings (SSSR count). The largest absolute Gasteiger partial charge is 0.485 e. The third-order valence-corrected chi connectivity index (χ3v) is 4.84. The summed E-state index contributed by atoms with van der Waals surface area (Å²) in [5.74, 6) is 0.944. The Morgan fingerprint density at radius 3 is 3.12 bits per heavy atom. The molecule has 2 atom stereocenters. The van der Waals surface area contributed by atoms with E-state index in [0.717, 1.165) is 19.3 Å². The van der Waals surface area contributed by atoms with Crippen LogP contribution in [0.25, 0.3) is 0 Å². The molecule has 0 unspecified atom stereocenters. The SMILES string of the molecule is CN1C(=O)COc2ccc(C(=O)N[C@H]3CCC[C@H]3Oc3cn[nH]c3)cc21. The van der Waals surface area contributed by atoms with Crippen LogP contribution in [0.2, 0.25) is 0 Å². The first-order chi connectivity index (χ1) is 12.6. The number of aromatic amines is 1. The van der Waals surface area contributed by atoms with E-state index in [1.165, 1.54) is 4.90 Å². The Kier molecular flexibility index (Phi) is 4.24.